The van der Waals surface area contributed by atoms with Crippen LogP contribution in [0.1, 0.15) is 0 Å². The number of rotatable bonds is 9. The summed E-state index contributed by atoms with van der Waals surface area (Å²) >= 11 is 0. The molecule has 17 rings (SSSR count). The van der Waals surface area contributed by atoms with Gasteiger partial charge in [0.05, 0.1) is 0 Å². The predicted octanol–water partition coefficient (Wildman–Crippen LogP) is 23.4. The fourth-order valence-electron chi connectivity index (χ4n) is 14.2. The van der Waals surface area contributed by atoms with Gasteiger partial charge in [-0.3, -0.25) is 0 Å². The van der Waals surface area contributed by atoms with Gasteiger partial charge in [-0.1, -0.05) is 315 Å². The molecule has 0 radical (unpaired) electrons. The Hall–Kier alpha value is -10.9. The molecule has 0 bridgehead atoms. The molecule has 0 heterocycles. The standard InChI is InChI=1S/C84H52/c1-5-17-53(18-6-1)57-31-39-61(40-32-57)65-47-48-66(62-41-33-58(34-42-62)54-19-7-2-8-20-54)82-75-51-49-67(69-27-15-29-73(79(69)75)81(65)82)68-50-52-76-80-70(68)28-16-30-74(80)83-77(63-43-35-59(36-44-63)55-21-9-3-10-22-55)71-25-13-14-26-72(71)78(84(76)83)64-45-37-60(38-46-64)56-23-11-4-12-24-56/h1-52H. The molecule has 0 fully saturated rings. The van der Waals surface area contributed by atoms with Gasteiger partial charge in [-0.15, -0.1) is 0 Å². The first-order chi connectivity index (χ1) is 41.7. The molecule has 2 aliphatic rings. The van der Waals surface area contributed by atoms with Crippen molar-refractivity contribution in [3.63, 3.8) is 0 Å². The summed E-state index contributed by atoms with van der Waals surface area (Å²) in [4.78, 5) is 0. The summed E-state index contributed by atoms with van der Waals surface area (Å²) in [5.74, 6) is 0. The maximum Gasteiger partial charge on any atom is -0.000741 e. The van der Waals surface area contributed by atoms with Crippen LogP contribution in [0.15, 0.2) is 315 Å². The van der Waals surface area contributed by atoms with Crippen LogP contribution in [-0.4, -0.2) is 0 Å². The van der Waals surface area contributed by atoms with Crippen LogP contribution in [0, 0.1) is 0 Å². The molecule has 0 nitrogen and oxygen atoms in total. The van der Waals surface area contributed by atoms with Crippen molar-refractivity contribution in [2.75, 3.05) is 0 Å². The van der Waals surface area contributed by atoms with Gasteiger partial charge in [0.15, 0.2) is 0 Å². The van der Waals surface area contributed by atoms with Crippen molar-refractivity contribution in [3.05, 3.63) is 315 Å². The Morgan fingerprint density at radius 3 is 0.702 bits per heavy atom. The van der Waals surface area contributed by atoms with Crippen molar-refractivity contribution in [2.24, 2.45) is 0 Å². The zero-order valence-corrected chi connectivity index (χ0v) is 46.0. The highest BCUT2D eigenvalue weighted by Gasteiger charge is 2.33. The number of benzene rings is 15. The summed E-state index contributed by atoms with van der Waals surface area (Å²) in [6, 6.07) is 117. The summed E-state index contributed by atoms with van der Waals surface area (Å²) < 4.78 is 0. The lowest BCUT2D eigenvalue weighted by Gasteiger charge is -2.21. The molecule has 0 heteroatoms. The lowest BCUT2D eigenvalue weighted by Crippen LogP contribution is -1.94. The number of hydrogen-bond donors (Lipinski definition) is 0. The van der Waals surface area contributed by atoms with Gasteiger partial charge in [0.1, 0.15) is 0 Å². The normalized spacial score (nSPS) is 11.8. The fourth-order valence-corrected chi connectivity index (χ4v) is 14.2. The Morgan fingerprint density at radius 1 is 0.107 bits per heavy atom. The maximum absolute atomic E-state index is 2.44. The number of fused-ring (bicyclic) bond motifs is 7. The minimum Gasteiger partial charge on any atom is -0.0622 e. The lowest BCUT2D eigenvalue weighted by molar-refractivity contribution is 1.57. The van der Waals surface area contributed by atoms with Crippen LogP contribution < -0.4 is 0 Å². The highest BCUT2D eigenvalue weighted by molar-refractivity contribution is 6.30. The Balaban J connectivity index is 0.866. The maximum atomic E-state index is 2.44. The molecule has 0 aliphatic heterocycles. The van der Waals surface area contributed by atoms with E-state index >= 15 is 0 Å². The largest absolute Gasteiger partial charge is 0.0622 e. The van der Waals surface area contributed by atoms with Gasteiger partial charge in [-0.05, 0) is 177 Å². The SMILES string of the molecule is c1ccc(-c2ccc(-c3ccc(-c4ccc(-c5ccccc5)cc4)c4c3-c3cccc5c(-c6ccc7c8c(cccc68)-c6c-7c(-c7ccc(-c8ccccc8)cc7)c7ccccc7c6-c6ccc(-c7ccccc7)cc6)ccc-4c35)cc2)cc1. The van der Waals surface area contributed by atoms with Crippen molar-refractivity contribution in [1.29, 1.82) is 0 Å². The molecule has 2 aliphatic carbocycles. The molecule has 388 valence electrons. The van der Waals surface area contributed by atoms with Crippen LogP contribution in [0.2, 0.25) is 0 Å². The topological polar surface area (TPSA) is 0 Å². The Kier molecular flexibility index (Phi) is 11.0. The molecular weight excluding hydrogens is 1010 g/mol. The highest BCUT2D eigenvalue weighted by Crippen LogP contribution is 2.60. The van der Waals surface area contributed by atoms with E-state index in [0.29, 0.717) is 0 Å². The summed E-state index contributed by atoms with van der Waals surface area (Å²) in [5.41, 5.74) is 32.4. The van der Waals surface area contributed by atoms with E-state index in [1.807, 2.05) is 0 Å². The van der Waals surface area contributed by atoms with Crippen LogP contribution in [-0.2, 0) is 0 Å². The Morgan fingerprint density at radius 2 is 0.345 bits per heavy atom. The number of hydrogen-bond acceptors (Lipinski definition) is 0. The monoisotopic (exact) mass is 1060 g/mol. The second-order valence-corrected chi connectivity index (χ2v) is 22.5. The van der Waals surface area contributed by atoms with Crippen molar-refractivity contribution >= 4 is 32.3 Å². The molecule has 0 saturated heterocycles. The van der Waals surface area contributed by atoms with Gasteiger partial charge in [-0.2, -0.15) is 0 Å². The summed E-state index contributed by atoms with van der Waals surface area (Å²) in [6.07, 6.45) is 0. The zero-order valence-electron chi connectivity index (χ0n) is 46.0. The van der Waals surface area contributed by atoms with Crippen LogP contribution in [0.4, 0.5) is 0 Å². The van der Waals surface area contributed by atoms with E-state index in [0.717, 1.165) is 0 Å². The molecule has 84 heavy (non-hydrogen) atoms. The average molecular weight is 1060 g/mol. The second kappa shape index (κ2) is 19.4. The fraction of sp³-hybridized carbons (Fsp3) is 0. The van der Waals surface area contributed by atoms with Crippen LogP contribution in [0.25, 0.3) is 177 Å². The Bertz CT molecular complexity index is 4830. The minimum atomic E-state index is 1.21. The van der Waals surface area contributed by atoms with E-state index in [2.05, 4.69) is 315 Å². The molecule has 0 aromatic heterocycles. The first kappa shape index (κ1) is 47.8. The molecule has 0 spiro atoms. The van der Waals surface area contributed by atoms with E-state index in [4.69, 9.17) is 0 Å². The molecule has 0 saturated carbocycles. The molecule has 0 unspecified atom stereocenters. The molecule has 0 N–H and O–H groups in total. The van der Waals surface area contributed by atoms with Gasteiger partial charge >= 0.3 is 0 Å². The molecule has 0 atom stereocenters. The minimum absolute atomic E-state index is 1.21. The van der Waals surface area contributed by atoms with Gasteiger partial charge < -0.3 is 0 Å². The molecule has 15 aromatic carbocycles. The Labute approximate surface area is 489 Å². The summed E-state index contributed by atoms with van der Waals surface area (Å²) in [7, 11) is 0. The smallest absolute Gasteiger partial charge is 0.000741 e. The van der Waals surface area contributed by atoms with Crippen molar-refractivity contribution in [1.82, 2.24) is 0 Å². The first-order valence-electron chi connectivity index (χ1n) is 29.2. The quantitative estimate of drug-likeness (QED) is 0.135. The van der Waals surface area contributed by atoms with Crippen LogP contribution in [0.5, 0.6) is 0 Å². The van der Waals surface area contributed by atoms with Gasteiger partial charge in [0.2, 0.25) is 0 Å². The van der Waals surface area contributed by atoms with Crippen LogP contribution in [0.3, 0.4) is 0 Å². The van der Waals surface area contributed by atoms with E-state index in [9.17, 15) is 0 Å². The molecule has 0 amide bonds. The average Bonchev–Trinajstić information content (AvgIpc) is 1.65. The summed E-state index contributed by atoms with van der Waals surface area (Å²) in [6.45, 7) is 0. The predicted molar refractivity (Wildman–Crippen MR) is 357 cm³/mol. The van der Waals surface area contributed by atoms with E-state index in [1.54, 1.807) is 0 Å². The third-order valence-electron chi connectivity index (χ3n) is 18.0. The van der Waals surface area contributed by atoms with E-state index in [-0.39, 0.29) is 0 Å². The van der Waals surface area contributed by atoms with Crippen molar-refractivity contribution in [3.8, 4) is 145 Å². The van der Waals surface area contributed by atoms with Gasteiger partial charge in [-0.25, -0.2) is 0 Å². The van der Waals surface area contributed by atoms with Crippen molar-refractivity contribution in [2.45, 2.75) is 0 Å². The zero-order chi connectivity index (χ0) is 55.2. The van der Waals surface area contributed by atoms with E-state index < -0.39 is 0 Å². The van der Waals surface area contributed by atoms with Gasteiger partial charge in [0.25, 0.3) is 0 Å². The highest BCUT2D eigenvalue weighted by atomic mass is 14.4. The second-order valence-electron chi connectivity index (χ2n) is 22.5. The first-order valence-corrected chi connectivity index (χ1v) is 29.2. The van der Waals surface area contributed by atoms with Crippen LogP contribution >= 0.6 is 0 Å². The molecular formula is C84H52. The lowest BCUT2D eigenvalue weighted by atomic mass is 9.82. The van der Waals surface area contributed by atoms with E-state index in [1.165, 1.54) is 177 Å². The third kappa shape index (κ3) is 7.55. The van der Waals surface area contributed by atoms with Gasteiger partial charge in [0, 0.05) is 0 Å². The molecule has 15 aromatic rings. The van der Waals surface area contributed by atoms with Crippen molar-refractivity contribution < 1.29 is 0 Å². The third-order valence-corrected chi connectivity index (χ3v) is 18.0. The summed E-state index contributed by atoms with van der Waals surface area (Å²) in [5, 5.41) is 7.63.